The van der Waals surface area contributed by atoms with Crippen LogP contribution in [0.15, 0.2) is 67.0 Å². The lowest BCUT2D eigenvalue weighted by Gasteiger charge is -2.14. The molecule has 4 aromatic rings. The lowest BCUT2D eigenvalue weighted by molar-refractivity contribution is 0.143. The largest absolute Gasteiger partial charge is 0.449 e. The van der Waals surface area contributed by atoms with Crippen molar-refractivity contribution >= 4 is 23.3 Å². The van der Waals surface area contributed by atoms with Crippen LogP contribution in [0.1, 0.15) is 29.0 Å². The van der Waals surface area contributed by atoms with Gasteiger partial charge < -0.3 is 10.1 Å². The molecule has 0 spiro atoms. The van der Waals surface area contributed by atoms with Crippen LogP contribution < -0.4 is 5.32 Å². The third-order valence-electron chi connectivity index (χ3n) is 5.42. The summed E-state index contributed by atoms with van der Waals surface area (Å²) in [6.45, 7) is 0.678. The van der Waals surface area contributed by atoms with E-state index in [1.54, 1.807) is 23.0 Å². The molecule has 32 heavy (non-hydrogen) atoms. The van der Waals surface area contributed by atoms with Gasteiger partial charge in [-0.2, -0.15) is 5.10 Å². The van der Waals surface area contributed by atoms with E-state index in [-0.39, 0.29) is 5.92 Å². The minimum atomic E-state index is -0.446. The molecule has 7 heteroatoms. The topological polar surface area (TPSA) is 68.5 Å². The maximum Gasteiger partial charge on any atom is 0.407 e. The predicted molar refractivity (Wildman–Crippen MR) is 123 cm³/mol. The molecule has 1 aliphatic rings. The van der Waals surface area contributed by atoms with E-state index in [0.717, 1.165) is 0 Å². The van der Waals surface area contributed by atoms with Crippen LogP contribution in [0.5, 0.6) is 0 Å². The maximum atomic E-state index is 12.2. The summed E-state index contributed by atoms with van der Waals surface area (Å²) in [7, 11) is 0. The van der Waals surface area contributed by atoms with E-state index in [1.807, 2.05) is 24.3 Å². The van der Waals surface area contributed by atoms with Gasteiger partial charge in [0.05, 0.1) is 11.8 Å². The highest BCUT2D eigenvalue weighted by Gasteiger charge is 2.28. The molecule has 0 fully saturated rings. The average molecular weight is 443 g/mol. The molecule has 0 radical (unpaired) electrons. The minimum Gasteiger partial charge on any atom is -0.449 e. The number of fused-ring (bicyclic) bond motifs is 4. The zero-order valence-electron chi connectivity index (χ0n) is 17.1. The minimum absolute atomic E-state index is 0.0443. The average Bonchev–Trinajstić information content (AvgIpc) is 3.36. The van der Waals surface area contributed by atoms with Gasteiger partial charge in [0.25, 0.3) is 0 Å². The lowest BCUT2D eigenvalue weighted by atomic mass is 9.98. The summed E-state index contributed by atoms with van der Waals surface area (Å²) < 4.78 is 7.14. The van der Waals surface area contributed by atoms with Gasteiger partial charge in [-0.05, 0) is 28.3 Å². The standard InChI is InChI=1S/C25H19ClN4O2/c26-23-12-14-30-24(29-23)17(15-28-30)7-5-6-13-27-25(31)32-16-22-20-10-3-1-8-18(20)19-9-2-4-11-21(19)22/h1-4,8-12,14-15,22H,6,13,16H2,(H,27,31). The summed E-state index contributed by atoms with van der Waals surface area (Å²) in [5.41, 5.74) is 6.08. The highest BCUT2D eigenvalue weighted by Crippen LogP contribution is 2.44. The zero-order valence-corrected chi connectivity index (χ0v) is 17.8. The fraction of sp³-hybridized carbons (Fsp3) is 0.160. The zero-order chi connectivity index (χ0) is 21.9. The molecule has 0 atom stereocenters. The van der Waals surface area contributed by atoms with Crippen molar-refractivity contribution in [2.45, 2.75) is 12.3 Å². The maximum absolute atomic E-state index is 12.2. The van der Waals surface area contributed by atoms with Crippen LogP contribution in [0.2, 0.25) is 5.15 Å². The fourth-order valence-corrected chi connectivity index (χ4v) is 4.11. The molecule has 0 saturated carbocycles. The molecule has 6 nitrogen and oxygen atoms in total. The summed E-state index contributed by atoms with van der Waals surface area (Å²) in [5, 5.41) is 7.33. The Morgan fingerprint density at radius 2 is 1.81 bits per heavy atom. The van der Waals surface area contributed by atoms with Crippen molar-refractivity contribution in [3.8, 4) is 23.0 Å². The third-order valence-corrected chi connectivity index (χ3v) is 5.63. The highest BCUT2D eigenvalue weighted by atomic mass is 35.5. The van der Waals surface area contributed by atoms with Crippen LogP contribution in [-0.4, -0.2) is 33.8 Å². The van der Waals surface area contributed by atoms with Gasteiger partial charge in [0.15, 0.2) is 5.65 Å². The van der Waals surface area contributed by atoms with Crippen molar-refractivity contribution in [3.63, 3.8) is 0 Å². The van der Waals surface area contributed by atoms with Gasteiger partial charge in [-0.15, -0.1) is 0 Å². The monoisotopic (exact) mass is 442 g/mol. The van der Waals surface area contributed by atoms with E-state index in [2.05, 4.69) is 51.5 Å². The van der Waals surface area contributed by atoms with Crippen molar-refractivity contribution in [1.29, 1.82) is 0 Å². The summed E-state index contributed by atoms with van der Waals surface area (Å²) in [4.78, 5) is 16.4. The molecule has 158 valence electrons. The van der Waals surface area contributed by atoms with E-state index in [1.165, 1.54) is 22.3 Å². The second kappa shape index (κ2) is 8.74. The molecular formula is C25H19ClN4O2. The van der Waals surface area contributed by atoms with Gasteiger partial charge >= 0.3 is 6.09 Å². The van der Waals surface area contributed by atoms with Crippen molar-refractivity contribution in [1.82, 2.24) is 19.9 Å². The molecule has 2 aromatic heterocycles. The van der Waals surface area contributed by atoms with Crippen molar-refractivity contribution in [3.05, 3.63) is 88.8 Å². The number of hydrogen-bond acceptors (Lipinski definition) is 4. The first-order valence-electron chi connectivity index (χ1n) is 10.3. The number of benzene rings is 2. The second-order valence-corrected chi connectivity index (χ2v) is 7.77. The van der Waals surface area contributed by atoms with Crippen LogP contribution in [0.25, 0.3) is 16.8 Å². The Morgan fingerprint density at radius 3 is 2.56 bits per heavy atom. The predicted octanol–water partition coefficient (Wildman–Crippen LogP) is 4.66. The Kier molecular flexibility index (Phi) is 5.49. The number of amides is 1. The number of hydrogen-bond donors (Lipinski definition) is 1. The van der Waals surface area contributed by atoms with Crippen molar-refractivity contribution < 1.29 is 9.53 Å². The molecule has 1 aliphatic carbocycles. The van der Waals surface area contributed by atoms with E-state index in [4.69, 9.17) is 16.3 Å². The molecule has 0 bridgehead atoms. The number of nitrogens with one attached hydrogen (secondary N) is 1. The number of aromatic nitrogens is 3. The number of carbonyl (C=O) groups is 1. The lowest BCUT2D eigenvalue weighted by Crippen LogP contribution is -2.26. The Hall–Kier alpha value is -3.82. The van der Waals surface area contributed by atoms with Gasteiger partial charge in [-0.25, -0.2) is 14.3 Å². The quantitative estimate of drug-likeness (QED) is 0.283. The Morgan fingerprint density at radius 1 is 1.09 bits per heavy atom. The van der Waals surface area contributed by atoms with Crippen LogP contribution in [0, 0.1) is 11.8 Å². The molecule has 0 saturated heterocycles. The molecule has 0 aliphatic heterocycles. The van der Waals surface area contributed by atoms with Crippen molar-refractivity contribution in [2.24, 2.45) is 0 Å². The van der Waals surface area contributed by atoms with Crippen LogP contribution in [0.4, 0.5) is 4.79 Å². The third kappa shape index (κ3) is 3.91. The van der Waals surface area contributed by atoms with Crippen molar-refractivity contribution in [2.75, 3.05) is 13.2 Å². The second-order valence-electron chi connectivity index (χ2n) is 7.38. The normalized spacial score (nSPS) is 12.0. The van der Waals surface area contributed by atoms with Gasteiger partial charge in [0, 0.05) is 25.1 Å². The number of halogens is 1. The Labute approximate surface area is 190 Å². The SMILES string of the molecule is O=C(NCCC#Cc1cnn2ccc(Cl)nc12)OCC1c2ccccc2-c2ccccc21. The summed E-state index contributed by atoms with van der Waals surface area (Å²) >= 11 is 5.94. The van der Waals surface area contributed by atoms with E-state index < -0.39 is 6.09 Å². The number of nitrogens with zero attached hydrogens (tertiary/aromatic N) is 3. The van der Waals surface area contributed by atoms with E-state index in [9.17, 15) is 4.79 Å². The molecule has 2 heterocycles. The first kappa shape index (κ1) is 20.1. The Balaban J connectivity index is 1.15. The van der Waals surface area contributed by atoms with Gasteiger partial charge in [0.1, 0.15) is 11.8 Å². The molecule has 2 aromatic carbocycles. The van der Waals surface area contributed by atoms with Gasteiger partial charge in [0.2, 0.25) is 0 Å². The van der Waals surface area contributed by atoms with Gasteiger partial charge in [-0.1, -0.05) is 72.0 Å². The number of ether oxygens (including phenoxy) is 1. The van der Waals surface area contributed by atoms with E-state index in [0.29, 0.717) is 35.9 Å². The smallest absolute Gasteiger partial charge is 0.407 e. The van der Waals surface area contributed by atoms with Crippen LogP contribution >= 0.6 is 11.6 Å². The number of alkyl carbamates (subject to hydrolysis) is 1. The molecule has 1 amide bonds. The summed E-state index contributed by atoms with van der Waals surface area (Å²) in [6.07, 6.45) is 3.40. The molecule has 1 N–H and O–H groups in total. The number of carbonyl (C=O) groups excluding carboxylic acids is 1. The van der Waals surface area contributed by atoms with Crippen LogP contribution in [-0.2, 0) is 4.74 Å². The first-order chi connectivity index (χ1) is 15.7. The number of rotatable bonds is 4. The molecule has 5 rings (SSSR count). The van der Waals surface area contributed by atoms with Gasteiger partial charge in [-0.3, -0.25) is 0 Å². The highest BCUT2D eigenvalue weighted by molar-refractivity contribution is 6.29. The van der Waals surface area contributed by atoms with Crippen LogP contribution in [0.3, 0.4) is 0 Å². The summed E-state index contributed by atoms with van der Waals surface area (Å²) in [6, 6.07) is 18.2. The fourth-order valence-electron chi connectivity index (χ4n) is 3.97. The molecule has 0 unspecified atom stereocenters. The first-order valence-corrected chi connectivity index (χ1v) is 10.7. The Bertz CT molecular complexity index is 1320. The molecular weight excluding hydrogens is 424 g/mol. The summed E-state index contributed by atoms with van der Waals surface area (Å²) in [5.74, 6) is 6.09. The van der Waals surface area contributed by atoms with E-state index >= 15 is 0 Å².